The highest BCUT2D eigenvalue weighted by molar-refractivity contribution is 7.99. The number of aryl methyl sites for hydroxylation is 2. The Morgan fingerprint density at radius 1 is 1.21 bits per heavy atom. The molecule has 1 aliphatic carbocycles. The fourth-order valence-corrected chi connectivity index (χ4v) is 7.40. The second kappa shape index (κ2) is 11.2. The molecule has 0 fully saturated rings. The Kier molecular flexibility index (Phi) is 7.87. The number of hydrogen-bond acceptors (Lipinski definition) is 6. The van der Waals surface area contributed by atoms with Crippen molar-refractivity contribution in [1.29, 1.82) is 0 Å². The molecule has 0 saturated carbocycles. The van der Waals surface area contributed by atoms with Crippen LogP contribution in [0.3, 0.4) is 0 Å². The van der Waals surface area contributed by atoms with Gasteiger partial charge in [-0.05, 0) is 67.3 Å². The van der Waals surface area contributed by atoms with Crippen LogP contribution in [0.15, 0.2) is 58.5 Å². The Hall–Kier alpha value is -3.10. The van der Waals surface area contributed by atoms with E-state index in [1.807, 2.05) is 55.5 Å². The van der Waals surface area contributed by atoms with Crippen molar-refractivity contribution in [3.8, 4) is 11.4 Å². The lowest BCUT2D eigenvalue weighted by atomic mass is 9.70. The van der Waals surface area contributed by atoms with Crippen molar-refractivity contribution in [2.45, 2.75) is 58.5 Å². The number of aromatic nitrogens is 2. The fraction of sp³-hybridized carbons (Fsp3) is 0.387. The average molecular weight is 562 g/mol. The first-order valence-electron chi connectivity index (χ1n) is 13.4. The number of amides is 1. The predicted octanol–water partition coefficient (Wildman–Crippen LogP) is 7.04. The molecule has 0 radical (unpaired) electrons. The van der Waals surface area contributed by atoms with Crippen LogP contribution in [0, 0.1) is 18.3 Å². The molecular weight excluding hydrogens is 526 g/mol. The van der Waals surface area contributed by atoms with E-state index < -0.39 is 0 Å². The number of para-hydroxylation sites is 2. The Labute approximate surface area is 237 Å². The monoisotopic (exact) mass is 561 g/mol. The number of anilines is 1. The van der Waals surface area contributed by atoms with Crippen molar-refractivity contribution < 1.29 is 9.53 Å². The van der Waals surface area contributed by atoms with Crippen LogP contribution < -0.4 is 15.6 Å². The summed E-state index contributed by atoms with van der Waals surface area (Å²) >= 11 is 2.91. The quantitative estimate of drug-likeness (QED) is 0.185. The molecule has 39 heavy (non-hydrogen) atoms. The lowest BCUT2D eigenvalue weighted by Gasteiger charge is -2.36. The molecule has 204 valence electrons. The van der Waals surface area contributed by atoms with Gasteiger partial charge in [-0.15, -0.1) is 11.3 Å². The minimum atomic E-state index is -0.153. The van der Waals surface area contributed by atoms with E-state index in [9.17, 15) is 9.59 Å². The summed E-state index contributed by atoms with van der Waals surface area (Å²) in [7, 11) is 1.60. The Morgan fingerprint density at radius 3 is 2.67 bits per heavy atom. The molecule has 2 aromatic heterocycles. The molecule has 5 rings (SSSR count). The summed E-state index contributed by atoms with van der Waals surface area (Å²) in [6.45, 7) is 8.96. The van der Waals surface area contributed by atoms with Gasteiger partial charge in [0.25, 0.3) is 5.56 Å². The molecule has 1 atom stereocenters. The van der Waals surface area contributed by atoms with Gasteiger partial charge in [0, 0.05) is 10.6 Å². The number of hydrogen-bond donors (Lipinski definition) is 1. The lowest BCUT2D eigenvalue weighted by molar-refractivity contribution is -0.113. The van der Waals surface area contributed by atoms with Crippen LogP contribution in [0.2, 0.25) is 0 Å². The maximum absolute atomic E-state index is 14.2. The average Bonchev–Trinajstić information content (AvgIpc) is 3.31. The van der Waals surface area contributed by atoms with E-state index in [0.29, 0.717) is 27.9 Å². The van der Waals surface area contributed by atoms with Crippen LogP contribution in [-0.2, 0) is 17.6 Å². The number of rotatable bonds is 8. The number of fused-ring (bicyclic) bond motifs is 3. The number of thiophene rings is 1. The van der Waals surface area contributed by atoms with E-state index in [1.165, 1.54) is 16.6 Å². The molecule has 0 saturated heterocycles. The van der Waals surface area contributed by atoms with Gasteiger partial charge in [0.1, 0.15) is 10.6 Å². The zero-order valence-electron chi connectivity index (χ0n) is 23.2. The molecule has 2 heterocycles. The first-order chi connectivity index (χ1) is 18.7. The van der Waals surface area contributed by atoms with E-state index in [2.05, 4.69) is 26.1 Å². The molecule has 0 spiro atoms. The van der Waals surface area contributed by atoms with Crippen molar-refractivity contribution in [2.24, 2.45) is 11.3 Å². The summed E-state index contributed by atoms with van der Waals surface area (Å²) in [5.74, 6) is 1.14. The van der Waals surface area contributed by atoms with Crippen LogP contribution in [0.5, 0.6) is 5.75 Å². The Morgan fingerprint density at radius 2 is 1.95 bits per heavy atom. The van der Waals surface area contributed by atoms with E-state index in [4.69, 9.17) is 9.72 Å². The van der Waals surface area contributed by atoms with Gasteiger partial charge in [-0.2, -0.15) is 0 Å². The number of benzene rings is 2. The first-order valence-corrected chi connectivity index (χ1v) is 15.2. The third-order valence-electron chi connectivity index (χ3n) is 8.06. The summed E-state index contributed by atoms with van der Waals surface area (Å²) in [5.41, 5.74) is 3.80. The normalized spacial score (nSPS) is 15.3. The number of carbonyl (C=O) groups is 1. The van der Waals surface area contributed by atoms with Crippen molar-refractivity contribution in [1.82, 2.24) is 9.55 Å². The molecule has 4 aromatic rings. The minimum Gasteiger partial charge on any atom is -0.495 e. The Balaban J connectivity index is 1.55. The SMILES string of the molecule is CCC(C)(C)[C@H]1CCc2c(sc3nc(SCC(=O)Nc4ccc(C)cc4)n(-c4ccccc4OC)c(=O)c23)C1. The fourth-order valence-electron chi connectivity index (χ4n) is 5.25. The summed E-state index contributed by atoms with van der Waals surface area (Å²) in [6.07, 6.45) is 4.07. The van der Waals surface area contributed by atoms with Crippen LogP contribution in [0.4, 0.5) is 5.69 Å². The summed E-state index contributed by atoms with van der Waals surface area (Å²) in [4.78, 5) is 34.1. The standard InChI is InChI=1S/C31H35N3O3S2/c1-6-31(3,4)20-13-16-22-25(17-20)39-28-27(22)29(36)34(23-9-7-8-10-24(23)37-5)30(33-28)38-18-26(35)32-21-14-11-19(2)12-15-21/h7-12,14-15,20H,6,13,16-18H2,1-5H3,(H,32,35)/t20-/m0/s1. The highest BCUT2D eigenvalue weighted by Gasteiger charge is 2.34. The molecular formula is C31H35N3O3S2. The molecule has 8 heteroatoms. The van der Waals surface area contributed by atoms with E-state index in [-0.39, 0.29) is 22.6 Å². The number of ether oxygens (including phenoxy) is 1. The molecule has 0 aliphatic heterocycles. The topological polar surface area (TPSA) is 73.2 Å². The molecule has 1 N–H and O–H groups in total. The molecule has 1 aliphatic rings. The van der Waals surface area contributed by atoms with Gasteiger partial charge in [0.05, 0.1) is 23.9 Å². The molecule has 2 aromatic carbocycles. The zero-order chi connectivity index (χ0) is 27.7. The molecule has 1 amide bonds. The van der Waals surface area contributed by atoms with Crippen LogP contribution in [0.1, 0.15) is 49.6 Å². The number of methoxy groups -OCH3 is 1. The number of nitrogens with zero attached hydrogens (tertiary/aromatic N) is 2. The van der Waals surface area contributed by atoms with Crippen molar-refractivity contribution in [2.75, 3.05) is 18.2 Å². The molecule has 6 nitrogen and oxygen atoms in total. The van der Waals surface area contributed by atoms with Crippen molar-refractivity contribution in [3.05, 3.63) is 74.9 Å². The van der Waals surface area contributed by atoms with E-state index in [0.717, 1.165) is 47.3 Å². The van der Waals surface area contributed by atoms with Gasteiger partial charge < -0.3 is 10.1 Å². The largest absolute Gasteiger partial charge is 0.495 e. The second-order valence-electron chi connectivity index (χ2n) is 10.9. The summed E-state index contributed by atoms with van der Waals surface area (Å²) in [6, 6.07) is 15.2. The highest BCUT2D eigenvalue weighted by Crippen LogP contribution is 2.44. The number of thioether (sulfide) groups is 1. The second-order valence-corrected chi connectivity index (χ2v) is 12.9. The maximum Gasteiger partial charge on any atom is 0.267 e. The van der Waals surface area contributed by atoms with E-state index in [1.54, 1.807) is 23.0 Å². The van der Waals surface area contributed by atoms with Gasteiger partial charge in [-0.25, -0.2) is 4.98 Å². The summed E-state index contributed by atoms with van der Waals surface area (Å²) < 4.78 is 7.25. The van der Waals surface area contributed by atoms with Crippen molar-refractivity contribution >= 4 is 44.9 Å². The van der Waals surface area contributed by atoms with Gasteiger partial charge >= 0.3 is 0 Å². The third-order valence-corrected chi connectivity index (χ3v) is 10.1. The van der Waals surface area contributed by atoms with Crippen LogP contribution in [0.25, 0.3) is 15.9 Å². The maximum atomic E-state index is 14.2. The predicted molar refractivity (Wildman–Crippen MR) is 162 cm³/mol. The van der Waals surface area contributed by atoms with Gasteiger partial charge in [-0.3, -0.25) is 14.2 Å². The summed E-state index contributed by atoms with van der Waals surface area (Å²) in [5, 5.41) is 4.14. The van der Waals surface area contributed by atoms with Gasteiger partial charge in [0.15, 0.2) is 5.16 Å². The van der Waals surface area contributed by atoms with E-state index >= 15 is 0 Å². The zero-order valence-corrected chi connectivity index (χ0v) is 24.8. The minimum absolute atomic E-state index is 0.100. The lowest BCUT2D eigenvalue weighted by Crippen LogP contribution is -2.29. The first kappa shape index (κ1) is 27.5. The van der Waals surface area contributed by atoms with Crippen LogP contribution in [-0.4, -0.2) is 28.3 Å². The molecule has 0 unspecified atom stereocenters. The van der Waals surface area contributed by atoms with Gasteiger partial charge in [0.2, 0.25) is 5.91 Å². The van der Waals surface area contributed by atoms with Crippen molar-refractivity contribution in [3.63, 3.8) is 0 Å². The number of carbonyl (C=O) groups excluding carboxylic acids is 1. The Bertz CT molecular complexity index is 1570. The highest BCUT2D eigenvalue weighted by atomic mass is 32.2. The van der Waals surface area contributed by atoms with Crippen LogP contribution >= 0.6 is 23.1 Å². The molecule has 0 bridgehead atoms. The van der Waals surface area contributed by atoms with Gasteiger partial charge in [-0.1, -0.05) is 68.8 Å². The number of nitrogens with one attached hydrogen (secondary N) is 1. The smallest absolute Gasteiger partial charge is 0.267 e. The third kappa shape index (κ3) is 5.50.